The van der Waals surface area contributed by atoms with Gasteiger partial charge in [0.05, 0.1) is 6.26 Å². The number of sulfonamides is 1. The number of carbonyl (C=O) groups excluding carboxylic acids is 1. The van der Waals surface area contributed by atoms with E-state index in [9.17, 15) is 13.2 Å². The largest absolute Gasteiger partial charge is 0.484 e. The Bertz CT molecular complexity index is 877. The Hall–Kier alpha value is -2.58. The second-order valence-corrected chi connectivity index (χ2v) is 8.50. The maximum Gasteiger partial charge on any atom is 0.260 e. The Labute approximate surface area is 165 Å². The van der Waals surface area contributed by atoms with Crippen LogP contribution in [0.25, 0.3) is 0 Å². The van der Waals surface area contributed by atoms with Gasteiger partial charge in [-0.2, -0.15) is 0 Å². The summed E-state index contributed by atoms with van der Waals surface area (Å²) in [4.78, 5) is 14.0. The molecule has 0 atom stereocenters. The van der Waals surface area contributed by atoms with Crippen LogP contribution in [-0.4, -0.2) is 51.2 Å². The first-order valence-electron chi connectivity index (χ1n) is 9.10. The predicted octanol–water partition coefficient (Wildman–Crippen LogP) is 2.40. The molecule has 3 rings (SSSR count). The molecule has 150 valence electrons. The highest BCUT2D eigenvalue weighted by molar-refractivity contribution is 7.88. The number of para-hydroxylation sites is 1. The van der Waals surface area contributed by atoms with Crippen molar-refractivity contribution < 1.29 is 22.7 Å². The minimum absolute atomic E-state index is 0.0525. The van der Waals surface area contributed by atoms with E-state index in [0.717, 1.165) is 12.0 Å². The maximum atomic E-state index is 12.3. The number of piperidine rings is 1. The van der Waals surface area contributed by atoms with Crippen LogP contribution in [0.5, 0.6) is 17.2 Å². The summed E-state index contributed by atoms with van der Waals surface area (Å²) in [7, 11) is -3.22. The van der Waals surface area contributed by atoms with Crippen LogP contribution >= 0.6 is 0 Å². The summed E-state index contributed by atoms with van der Waals surface area (Å²) >= 11 is 0. The van der Waals surface area contributed by atoms with Gasteiger partial charge in [0.15, 0.2) is 6.61 Å². The zero-order chi connectivity index (χ0) is 20.0. The molecule has 0 bridgehead atoms. The summed E-state index contributed by atoms with van der Waals surface area (Å²) in [5, 5.41) is 0. The molecule has 0 spiro atoms. The number of nitrogens with one attached hydrogen (secondary N) is 1. The summed E-state index contributed by atoms with van der Waals surface area (Å²) in [6.07, 6.45) is 2.35. The molecule has 8 heteroatoms. The van der Waals surface area contributed by atoms with E-state index >= 15 is 0 Å². The molecule has 7 nitrogen and oxygen atoms in total. The lowest BCUT2D eigenvalue weighted by atomic mass is 10.1. The van der Waals surface area contributed by atoms with Crippen LogP contribution in [-0.2, 0) is 14.8 Å². The van der Waals surface area contributed by atoms with Gasteiger partial charge < -0.3 is 14.4 Å². The molecule has 0 unspecified atom stereocenters. The highest BCUT2D eigenvalue weighted by Crippen LogP contribution is 2.23. The van der Waals surface area contributed by atoms with Crippen molar-refractivity contribution in [3.8, 4) is 17.2 Å². The highest BCUT2D eigenvalue weighted by atomic mass is 32.2. The van der Waals surface area contributed by atoms with Crippen molar-refractivity contribution in [1.82, 2.24) is 9.62 Å². The van der Waals surface area contributed by atoms with Crippen LogP contribution in [0, 0.1) is 0 Å². The van der Waals surface area contributed by atoms with Gasteiger partial charge in [-0.3, -0.25) is 4.79 Å². The van der Waals surface area contributed by atoms with Gasteiger partial charge in [0, 0.05) is 19.1 Å². The van der Waals surface area contributed by atoms with Gasteiger partial charge in [-0.05, 0) is 49.2 Å². The molecule has 1 saturated heterocycles. The van der Waals surface area contributed by atoms with Gasteiger partial charge in [0.2, 0.25) is 10.0 Å². The van der Waals surface area contributed by atoms with E-state index in [1.165, 1.54) is 0 Å². The van der Waals surface area contributed by atoms with E-state index in [-0.39, 0.29) is 18.6 Å². The number of amides is 1. The van der Waals surface area contributed by atoms with Crippen LogP contribution in [0.4, 0.5) is 0 Å². The first-order valence-corrected chi connectivity index (χ1v) is 11.0. The first kappa shape index (κ1) is 20.2. The lowest BCUT2D eigenvalue weighted by Gasteiger charge is -2.31. The SMILES string of the molecule is CS(=O)(=O)NC1CCN(C(=O)COc2ccc(Oc3ccccc3)cc2)CC1. The van der Waals surface area contributed by atoms with Crippen molar-refractivity contribution in [2.75, 3.05) is 26.0 Å². The third-order valence-electron chi connectivity index (χ3n) is 4.39. The molecular weight excluding hydrogens is 380 g/mol. The summed E-state index contributed by atoms with van der Waals surface area (Å²) < 4.78 is 36.4. The molecule has 2 aromatic carbocycles. The molecule has 0 aromatic heterocycles. The number of benzene rings is 2. The molecule has 1 fully saturated rings. The van der Waals surface area contributed by atoms with Gasteiger partial charge >= 0.3 is 0 Å². The van der Waals surface area contributed by atoms with E-state index < -0.39 is 10.0 Å². The number of carbonyl (C=O) groups is 1. The van der Waals surface area contributed by atoms with Crippen LogP contribution in [0.3, 0.4) is 0 Å². The van der Waals surface area contributed by atoms with E-state index in [1.54, 1.807) is 29.2 Å². The van der Waals surface area contributed by atoms with Crippen molar-refractivity contribution >= 4 is 15.9 Å². The van der Waals surface area contributed by atoms with Crippen molar-refractivity contribution in [3.63, 3.8) is 0 Å². The van der Waals surface area contributed by atoms with Gasteiger partial charge in [-0.1, -0.05) is 18.2 Å². The highest BCUT2D eigenvalue weighted by Gasteiger charge is 2.24. The van der Waals surface area contributed by atoms with Crippen molar-refractivity contribution in [2.45, 2.75) is 18.9 Å². The molecule has 0 radical (unpaired) electrons. The maximum absolute atomic E-state index is 12.3. The van der Waals surface area contributed by atoms with Crippen LogP contribution < -0.4 is 14.2 Å². The van der Waals surface area contributed by atoms with Gasteiger partial charge in [0.25, 0.3) is 5.91 Å². The van der Waals surface area contributed by atoms with Crippen molar-refractivity contribution in [1.29, 1.82) is 0 Å². The molecule has 1 heterocycles. The summed E-state index contributed by atoms with van der Waals surface area (Å²) in [5.41, 5.74) is 0. The Morgan fingerprint density at radius 2 is 1.57 bits per heavy atom. The third kappa shape index (κ3) is 6.24. The zero-order valence-electron chi connectivity index (χ0n) is 15.7. The monoisotopic (exact) mass is 404 g/mol. The first-order chi connectivity index (χ1) is 13.4. The van der Waals surface area contributed by atoms with E-state index in [4.69, 9.17) is 9.47 Å². The van der Waals surface area contributed by atoms with E-state index in [2.05, 4.69) is 4.72 Å². The fraction of sp³-hybridized carbons (Fsp3) is 0.350. The minimum Gasteiger partial charge on any atom is -0.484 e. The predicted molar refractivity (Wildman–Crippen MR) is 106 cm³/mol. The summed E-state index contributed by atoms with van der Waals surface area (Å²) in [5.74, 6) is 1.91. The molecule has 1 aliphatic heterocycles. The molecular formula is C20H24N2O5S. The molecule has 1 aliphatic rings. The number of likely N-dealkylation sites (tertiary alicyclic amines) is 1. The number of rotatable bonds is 7. The fourth-order valence-corrected chi connectivity index (χ4v) is 3.86. The third-order valence-corrected chi connectivity index (χ3v) is 5.15. The second kappa shape index (κ2) is 9.07. The van der Waals surface area contributed by atoms with Gasteiger partial charge in [-0.15, -0.1) is 0 Å². The lowest BCUT2D eigenvalue weighted by molar-refractivity contribution is -0.134. The Morgan fingerprint density at radius 3 is 2.18 bits per heavy atom. The van der Waals surface area contributed by atoms with Crippen LogP contribution in [0.1, 0.15) is 12.8 Å². The summed E-state index contributed by atoms with van der Waals surface area (Å²) in [6, 6.07) is 16.4. The molecule has 2 aromatic rings. The average molecular weight is 404 g/mol. The molecule has 0 aliphatic carbocycles. The van der Waals surface area contributed by atoms with E-state index in [0.29, 0.717) is 37.4 Å². The topological polar surface area (TPSA) is 84.9 Å². The zero-order valence-corrected chi connectivity index (χ0v) is 16.5. The molecule has 0 saturated carbocycles. The lowest BCUT2D eigenvalue weighted by Crippen LogP contribution is -2.47. The van der Waals surface area contributed by atoms with E-state index in [1.807, 2.05) is 30.3 Å². The standard InChI is InChI=1S/C20H24N2O5S/c1-28(24,25)21-16-11-13-22(14-12-16)20(23)15-26-17-7-9-19(10-8-17)27-18-5-3-2-4-6-18/h2-10,16,21H,11-15H2,1H3. The molecule has 1 amide bonds. The number of hydrogen-bond donors (Lipinski definition) is 1. The normalized spacial score (nSPS) is 15.2. The quantitative estimate of drug-likeness (QED) is 0.766. The van der Waals surface area contributed by atoms with Gasteiger partial charge in [0.1, 0.15) is 17.2 Å². The number of hydrogen-bond acceptors (Lipinski definition) is 5. The number of ether oxygens (including phenoxy) is 2. The molecule has 28 heavy (non-hydrogen) atoms. The summed E-state index contributed by atoms with van der Waals surface area (Å²) in [6.45, 7) is 0.974. The molecule has 1 N–H and O–H groups in total. The van der Waals surface area contributed by atoms with Crippen LogP contribution in [0.15, 0.2) is 54.6 Å². The Morgan fingerprint density at radius 1 is 1.00 bits per heavy atom. The minimum atomic E-state index is -3.22. The van der Waals surface area contributed by atoms with Crippen LogP contribution in [0.2, 0.25) is 0 Å². The smallest absolute Gasteiger partial charge is 0.260 e. The Balaban J connectivity index is 1.43. The number of nitrogens with zero attached hydrogens (tertiary/aromatic N) is 1. The van der Waals surface area contributed by atoms with Crippen molar-refractivity contribution in [3.05, 3.63) is 54.6 Å². The fourth-order valence-electron chi connectivity index (χ4n) is 3.01. The van der Waals surface area contributed by atoms with Gasteiger partial charge in [-0.25, -0.2) is 13.1 Å². The second-order valence-electron chi connectivity index (χ2n) is 6.72. The van der Waals surface area contributed by atoms with Crippen molar-refractivity contribution in [2.24, 2.45) is 0 Å². The average Bonchev–Trinajstić information content (AvgIpc) is 2.67. The Kier molecular flexibility index (Phi) is 6.53.